The summed E-state index contributed by atoms with van der Waals surface area (Å²) >= 11 is 0. The molecule has 1 rings (SSSR count). The smallest absolute Gasteiger partial charge is 0.120 e. The van der Waals surface area contributed by atoms with Crippen LogP contribution in [-0.2, 0) is 0 Å². The number of aliphatic hydroxyl groups excluding tert-OH is 1. The van der Waals surface area contributed by atoms with Gasteiger partial charge in [0.1, 0.15) is 11.4 Å². The number of aliphatic hydroxyl groups is 1. The van der Waals surface area contributed by atoms with Gasteiger partial charge < -0.3 is 9.84 Å². The lowest BCUT2D eigenvalue weighted by molar-refractivity contribution is 0.131. The van der Waals surface area contributed by atoms with Crippen molar-refractivity contribution in [3.63, 3.8) is 0 Å². The summed E-state index contributed by atoms with van der Waals surface area (Å²) in [6, 6.07) is 7.80. The van der Waals surface area contributed by atoms with E-state index in [1.54, 1.807) is 6.08 Å². The summed E-state index contributed by atoms with van der Waals surface area (Å²) < 4.78 is 5.69. The van der Waals surface area contributed by atoms with E-state index in [2.05, 4.69) is 0 Å². The molecule has 0 bridgehead atoms. The molecule has 82 valence electrons. The van der Waals surface area contributed by atoms with Crippen molar-refractivity contribution in [3.8, 4) is 5.75 Å². The molecule has 1 N–H and O–H groups in total. The molecule has 0 unspecified atom stereocenters. The summed E-state index contributed by atoms with van der Waals surface area (Å²) in [6.45, 7) is 6.13. The third-order valence-corrected chi connectivity index (χ3v) is 1.72. The van der Waals surface area contributed by atoms with Gasteiger partial charge in [-0.05, 0) is 38.5 Å². The van der Waals surface area contributed by atoms with Crippen LogP contribution in [0.1, 0.15) is 26.3 Å². The summed E-state index contributed by atoms with van der Waals surface area (Å²) in [5, 5.41) is 8.62. The number of hydrogen-bond donors (Lipinski definition) is 1. The van der Waals surface area contributed by atoms with Gasteiger partial charge in [-0.2, -0.15) is 0 Å². The van der Waals surface area contributed by atoms with Crippen LogP contribution in [0.15, 0.2) is 30.3 Å². The molecule has 0 spiro atoms. The molecule has 0 radical (unpaired) electrons. The first-order valence-corrected chi connectivity index (χ1v) is 5.08. The minimum absolute atomic E-state index is 0.0697. The highest BCUT2D eigenvalue weighted by atomic mass is 16.5. The Hall–Kier alpha value is -1.28. The van der Waals surface area contributed by atoms with E-state index in [4.69, 9.17) is 9.84 Å². The fourth-order valence-electron chi connectivity index (χ4n) is 1.19. The van der Waals surface area contributed by atoms with E-state index in [1.807, 2.05) is 51.1 Å². The van der Waals surface area contributed by atoms with Crippen molar-refractivity contribution in [1.82, 2.24) is 0 Å². The first kappa shape index (κ1) is 11.8. The second kappa shape index (κ2) is 4.99. The van der Waals surface area contributed by atoms with Crippen LogP contribution in [0.5, 0.6) is 5.75 Å². The quantitative estimate of drug-likeness (QED) is 0.824. The van der Waals surface area contributed by atoms with E-state index in [0.717, 1.165) is 11.3 Å². The second-order valence-corrected chi connectivity index (χ2v) is 4.37. The molecule has 0 aromatic heterocycles. The van der Waals surface area contributed by atoms with E-state index < -0.39 is 0 Å². The summed E-state index contributed by atoms with van der Waals surface area (Å²) in [7, 11) is 0. The number of benzene rings is 1. The largest absolute Gasteiger partial charge is 0.488 e. The van der Waals surface area contributed by atoms with Gasteiger partial charge in [-0.3, -0.25) is 0 Å². The van der Waals surface area contributed by atoms with Gasteiger partial charge in [0, 0.05) is 0 Å². The predicted molar refractivity (Wildman–Crippen MR) is 62.9 cm³/mol. The molecule has 2 nitrogen and oxygen atoms in total. The minimum Gasteiger partial charge on any atom is -0.488 e. The van der Waals surface area contributed by atoms with Crippen molar-refractivity contribution >= 4 is 6.08 Å². The molecule has 0 amide bonds. The molecule has 15 heavy (non-hydrogen) atoms. The number of hydrogen-bond acceptors (Lipinski definition) is 2. The maximum Gasteiger partial charge on any atom is 0.120 e. The molecule has 0 fully saturated rings. The molecule has 0 saturated heterocycles. The molecule has 0 heterocycles. The maximum absolute atomic E-state index is 8.62. The van der Waals surface area contributed by atoms with Crippen molar-refractivity contribution in [1.29, 1.82) is 0 Å². The molecule has 0 aliphatic heterocycles. The van der Waals surface area contributed by atoms with Gasteiger partial charge in [0.15, 0.2) is 0 Å². The van der Waals surface area contributed by atoms with E-state index in [1.165, 1.54) is 0 Å². The van der Waals surface area contributed by atoms with Crippen LogP contribution in [0.4, 0.5) is 0 Å². The van der Waals surface area contributed by atoms with Crippen LogP contribution in [0.2, 0.25) is 0 Å². The Labute approximate surface area is 91.2 Å². The van der Waals surface area contributed by atoms with Crippen LogP contribution >= 0.6 is 0 Å². The highest BCUT2D eigenvalue weighted by Crippen LogP contribution is 2.18. The Bertz CT molecular complexity index is 317. The predicted octanol–water partition coefficient (Wildman–Crippen LogP) is 2.87. The molecule has 0 aliphatic carbocycles. The fourth-order valence-corrected chi connectivity index (χ4v) is 1.19. The zero-order chi connectivity index (χ0) is 11.3. The van der Waals surface area contributed by atoms with Gasteiger partial charge in [0.05, 0.1) is 6.61 Å². The van der Waals surface area contributed by atoms with Gasteiger partial charge in [-0.25, -0.2) is 0 Å². The number of ether oxygens (including phenoxy) is 1. The SMILES string of the molecule is CC(C)(C)Oc1ccc(C=CCO)cc1. The zero-order valence-corrected chi connectivity index (χ0v) is 9.53. The van der Waals surface area contributed by atoms with Crippen LogP contribution in [0.3, 0.4) is 0 Å². The molecule has 2 heteroatoms. The monoisotopic (exact) mass is 206 g/mol. The van der Waals surface area contributed by atoms with Crippen LogP contribution in [0, 0.1) is 0 Å². The van der Waals surface area contributed by atoms with E-state index in [-0.39, 0.29) is 12.2 Å². The van der Waals surface area contributed by atoms with Gasteiger partial charge in [-0.15, -0.1) is 0 Å². The van der Waals surface area contributed by atoms with Crippen LogP contribution < -0.4 is 4.74 Å². The minimum atomic E-state index is -0.164. The van der Waals surface area contributed by atoms with Gasteiger partial charge in [0.25, 0.3) is 0 Å². The van der Waals surface area contributed by atoms with Crippen molar-refractivity contribution in [2.45, 2.75) is 26.4 Å². The Kier molecular flexibility index (Phi) is 3.92. The summed E-state index contributed by atoms with van der Waals surface area (Å²) in [5.74, 6) is 0.864. The second-order valence-electron chi connectivity index (χ2n) is 4.37. The van der Waals surface area contributed by atoms with Crippen LogP contribution in [-0.4, -0.2) is 17.3 Å². The highest BCUT2D eigenvalue weighted by Gasteiger charge is 2.10. The molecular formula is C13H18O2. The fraction of sp³-hybridized carbons (Fsp3) is 0.385. The van der Waals surface area contributed by atoms with Gasteiger partial charge >= 0.3 is 0 Å². The molecule has 0 saturated carbocycles. The van der Waals surface area contributed by atoms with Crippen molar-refractivity contribution in [3.05, 3.63) is 35.9 Å². The zero-order valence-electron chi connectivity index (χ0n) is 9.53. The Morgan fingerprint density at radius 2 is 1.80 bits per heavy atom. The average Bonchev–Trinajstić information content (AvgIpc) is 2.14. The molecular weight excluding hydrogens is 188 g/mol. The Balaban J connectivity index is 2.68. The summed E-state index contributed by atoms with van der Waals surface area (Å²) in [5.41, 5.74) is 0.896. The molecule has 0 atom stereocenters. The Morgan fingerprint density at radius 1 is 1.20 bits per heavy atom. The Morgan fingerprint density at radius 3 is 2.27 bits per heavy atom. The van der Waals surface area contributed by atoms with Crippen LogP contribution in [0.25, 0.3) is 6.08 Å². The lowest BCUT2D eigenvalue weighted by Crippen LogP contribution is -2.22. The lowest BCUT2D eigenvalue weighted by Gasteiger charge is -2.21. The maximum atomic E-state index is 8.62. The molecule has 1 aromatic carbocycles. The first-order chi connectivity index (χ1) is 7.01. The van der Waals surface area contributed by atoms with Crippen molar-refractivity contribution < 1.29 is 9.84 Å². The lowest BCUT2D eigenvalue weighted by atomic mass is 10.1. The first-order valence-electron chi connectivity index (χ1n) is 5.08. The van der Waals surface area contributed by atoms with Gasteiger partial charge in [0.2, 0.25) is 0 Å². The van der Waals surface area contributed by atoms with E-state index in [9.17, 15) is 0 Å². The third-order valence-electron chi connectivity index (χ3n) is 1.72. The number of rotatable bonds is 3. The average molecular weight is 206 g/mol. The molecule has 0 aliphatic rings. The molecule has 1 aromatic rings. The summed E-state index contributed by atoms with van der Waals surface area (Å²) in [6.07, 6.45) is 3.58. The van der Waals surface area contributed by atoms with Crippen molar-refractivity contribution in [2.24, 2.45) is 0 Å². The van der Waals surface area contributed by atoms with Gasteiger partial charge in [-0.1, -0.05) is 24.3 Å². The van der Waals surface area contributed by atoms with Crippen molar-refractivity contribution in [2.75, 3.05) is 6.61 Å². The standard InChI is InChI=1S/C13H18O2/c1-13(2,3)15-12-8-6-11(7-9-12)5-4-10-14/h4-9,14H,10H2,1-3H3. The normalized spacial score (nSPS) is 12.0. The summed E-state index contributed by atoms with van der Waals surface area (Å²) in [4.78, 5) is 0. The van der Waals surface area contributed by atoms with E-state index >= 15 is 0 Å². The topological polar surface area (TPSA) is 29.5 Å². The van der Waals surface area contributed by atoms with E-state index in [0.29, 0.717) is 0 Å². The third kappa shape index (κ3) is 4.66. The highest BCUT2D eigenvalue weighted by molar-refractivity contribution is 5.50.